The smallest absolute Gasteiger partial charge is 0.262 e. The number of anilines is 1. The lowest BCUT2D eigenvalue weighted by atomic mass is 10.1. The van der Waals surface area contributed by atoms with Gasteiger partial charge >= 0.3 is 0 Å². The summed E-state index contributed by atoms with van der Waals surface area (Å²) in [5, 5.41) is 6.64. The molecule has 1 atom stereocenters. The molecule has 0 spiro atoms. The zero-order chi connectivity index (χ0) is 21.3. The summed E-state index contributed by atoms with van der Waals surface area (Å²) in [7, 11) is 1.55. The van der Waals surface area contributed by atoms with Gasteiger partial charge in [0, 0.05) is 18.3 Å². The zero-order valence-corrected chi connectivity index (χ0v) is 18.9. The Labute approximate surface area is 194 Å². The second-order valence-electron chi connectivity index (χ2n) is 6.83. The molecule has 3 aromatic carbocycles. The van der Waals surface area contributed by atoms with Crippen LogP contribution in [0.4, 0.5) is 5.69 Å². The molecule has 0 aliphatic carbocycles. The summed E-state index contributed by atoms with van der Waals surface area (Å²) in [6.45, 7) is 2.55. The molecule has 0 heterocycles. The Balaban J connectivity index is 0.00000341. The quantitative estimate of drug-likeness (QED) is 0.514. The largest absolute Gasteiger partial charge is 1.00 e. The van der Waals surface area contributed by atoms with Crippen molar-refractivity contribution in [1.82, 2.24) is 5.32 Å². The molecule has 0 saturated heterocycles. The molecule has 3 rings (SSSR count). The van der Waals surface area contributed by atoms with E-state index in [9.17, 15) is 4.79 Å². The lowest BCUT2D eigenvalue weighted by molar-refractivity contribution is -0.118. The Morgan fingerprint density at radius 1 is 1.03 bits per heavy atom. The molecular formula is C24H25Cl2N2O3-. The zero-order valence-electron chi connectivity index (χ0n) is 17.4. The third-order valence-corrected chi connectivity index (χ3v) is 4.89. The highest BCUT2D eigenvalue weighted by molar-refractivity contribution is 6.32. The fourth-order valence-electron chi connectivity index (χ4n) is 3.00. The Bertz CT molecular complexity index is 969. The van der Waals surface area contributed by atoms with Crippen LogP contribution in [0.1, 0.15) is 24.1 Å². The molecule has 0 radical (unpaired) electrons. The predicted molar refractivity (Wildman–Crippen MR) is 120 cm³/mol. The number of para-hydroxylation sites is 1. The highest BCUT2D eigenvalue weighted by Crippen LogP contribution is 2.36. The molecule has 0 aliphatic heterocycles. The van der Waals surface area contributed by atoms with Gasteiger partial charge in [0.15, 0.2) is 18.1 Å². The van der Waals surface area contributed by atoms with Crippen LogP contribution in [-0.2, 0) is 11.3 Å². The van der Waals surface area contributed by atoms with Crippen molar-refractivity contribution in [1.29, 1.82) is 0 Å². The number of amides is 1. The van der Waals surface area contributed by atoms with Gasteiger partial charge in [0.25, 0.3) is 5.91 Å². The van der Waals surface area contributed by atoms with Crippen molar-refractivity contribution in [3.63, 3.8) is 0 Å². The minimum Gasteiger partial charge on any atom is -1.00 e. The number of benzene rings is 3. The maximum atomic E-state index is 12.1. The van der Waals surface area contributed by atoms with Crippen molar-refractivity contribution in [3.8, 4) is 11.5 Å². The fourth-order valence-corrected chi connectivity index (χ4v) is 3.29. The number of carbonyl (C=O) groups excluding carboxylic acids is 1. The van der Waals surface area contributed by atoms with E-state index < -0.39 is 0 Å². The van der Waals surface area contributed by atoms with E-state index in [1.807, 2.05) is 60.7 Å². The van der Waals surface area contributed by atoms with Crippen LogP contribution in [0.15, 0.2) is 72.8 Å². The summed E-state index contributed by atoms with van der Waals surface area (Å²) in [6, 6.07) is 23.3. The van der Waals surface area contributed by atoms with E-state index in [0.29, 0.717) is 28.8 Å². The van der Waals surface area contributed by atoms with Gasteiger partial charge in [0.1, 0.15) is 0 Å². The molecule has 164 valence electrons. The number of hydrogen-bond acceptors (Lipinski definition) is 4. The Kier molecular flexibility index (Phi) is 9.66. The van der Waals surface area contributed by atoms with E-state index in [4.69, 9.17) is 21.1 Å². The summed E-state index contributed by atoms with van der Waals surface area (Å²) >= 11 is 6.42. The van der Waals surface area contributed by atoms with Crippen molar-refractivity contribution in [3.05, 3.63) is 88.9 Å². The van der Waals surface area contributed by atoms with E-state index in [1.165, 1.54) is 5.56 Å². The summed E-state index contributed by atoms with van der Waals surface area (Å²) in [4.78, 5) is 12.1. The van der Waals surface area contributed by atoms with Crippen LogP contribution in [0.5, 0.6) is 11.5 Å². The predicted octanol–water partition coefficient (Wildman–Crippen LogP) is 2.22. The number of ether oxygens (including phenoxy) is 2. The van der Waals surface area contributed by atoms with E-state index in [1.54, 1.807) is 7.11 Å². The molecule has 0 fully saturated rings. The van der Waals surface area contributed by atoms with Gasteiger partial charge in [-0.1, -0.05) is 60.1 Å². The molecule has 31 heavy (non-hydrogen) atoms. The van der Waals surface area contributed by atoms with Gasteiger partial charge in [-0.2, -0.15) is 0 Å². The van der Waals surface area contributed by atoms with Crippen LogP contribution in [-0.4, -0.2) is 19.6 Å². The average Bonchev–Trinajstić information content (AvgIpc) is 2.77. The Morgan fingerprint density at radius 3 is 2.32 bits per heavy atom. The monoisotopic (exact) mass is 459 g/mol. The number of rotatable bonds is 9. The van der Waals surface area contributed by atoms with Crippen LogP contribution in [0.3, 0.4) is 0 Å². The first kappa shape index (κ1) is 24.5. The summed E-state index contributed by atoms with van der Waals surface area (Å²) in [5.74, 6) is 0.558. The average molecular weight is 460 g/mol. The van der Waals surface area contributed by atoms with Crippen molar-refractivity contribution >= 4 is 23.2 Å². The SMILES string of the molecule is COc1cc(CNC(C)c2ccccc2)cc(Cl)c1OCC(=O)Nc1ccccc1.[Cl-]. The second-order valence-corrected chi connectivity index (χ2v) is 7.23. The maximum absolute atomic E-state index is 12.1. The van der Waals surface area contributed by atoms with Crippen LogP contribution >= 0.6 is 11.6 Å². The molecule has 7 heteroatoms. The first-order valence-electron chi connectivity index (χ1n) is 9.69. The third kappa shape index (κ3) is 7.17. The molecular weight excluding hydrogens is 435 g/mol. The van der Waals surface area contributed by atoms with Crippen molar-refractivity contribution in [2.45, 2.75) is 19.5 Å². The van der Waals surface area contributed by atoms with Crippen molar-refractivity contribution in [2.24, 2.45) is 0 Å². The first-order valence-corrected chi connectivity index (χ1v) is 10.1. The Morgan fingerprint density at radius 2 is 1.68 bits per heavy atom. The minimum atomic E-state index is -0.276. The molecule has 0 bridgehead atoms. The molecule has 2 N–H and O–H groups in total. The molecule has 3 aromatic rings. The number of halogens is 2. The maximum Gasteiger partial charge on any atom is 0.262 e. The summed E-state index contributed by atoms with van der Waals surface area (Å²) < 4.78 is 11.1. The highest BCUT2D eigenvalue weighted by Gasteiger charge is 2.15. The Hall–Kier alpha value is -2.73. The van der Waals surface area contributed by atoms with E-state index >= 15 is 0 Å². The second kappa shape index (κ2) is 12.2. The van der Waals surface area contributed by atoms with Crippen LogP contribution in [0.2, 0.25) is 5.02 Å². The van der Waals surface area contributed by atoms with Gasteiger partial charge in [0.05, 0.1) is 12.1 Å². The fraction of sp³-hybridized carbons (Fsp3) is 0.208. The third-order valence-electron chi connectivity index (χ3n) is 4.61. The van der Waals surface area contributed by atoms with Gasteiger partial charge < -0.3 is 32.5 Å². The molecule has 1 unspecified atom stereocenters. The summed E-state index contributed by atoms with van der Waals surface area (Å²) in [5.41, 5.74) is 2.87. The van der Waals surface area contributed by atoms with Gasteiger partial charge in [-0.3, -0.25) is 4.79 Å². The first-order chi connectivity index (χ1) is 14.6. The normalized spacial score (nSPS) is 11.2. The molecule has 1 amide bonds. The van der Waals surface area contributed by atoms with Gasteiger partial charge in [-0.05, 0) is 42.3 Å². The highest BCUT2D eigenvalue weighted by atomic mass is 35.5. The molecule has 0 aromatic heterocycles. The van der Waals surface area contributed by atoms with E-state index in [-0.39, 0.29) is 31.0 Å². The topological polar surface area (TPSA) is 59.6 Å². The van der Waals surface area contributed by atoms with Gasteiger partial charge in [-0.25, -0.2) is 0 Å². The standard InChI is InChI=1S/C24H25ClN2O3.ClH/c1-17(19-9-5-3-6-10-19)26-15-18-13-21(25)24(22(14-18)29-2)30-16-23(28)27-20-11-7-4-8-12-20;/h3-14,17,26H,15-16H2,1-2H3,(H,27,28);1H/p-1. The summed E-state index contributed by atoms with van der Waals surface area (Å²) in [6.07, 6.45) is 0. The number of nitrogens with one attached hydrogen (secondary N) is 2. The minimum absolute atomic E-state index is 0. The lowest BCUT2D eigenvalue weighted by Crippen LogP contribution is -3.00. The van der Waals surface area contributed by atoms with Crippen LogP contribution in [0.25, 0.3) is 0 Å². The van der Waals surface area contributed by atoms with Gasteiger partial charge in [0.2, 0.25) is 0 Å². The van der Waals surface area contributed by atoms with Crippen molar-refractivity contribution < 1.29 is 26.7 Å². The molecule has 5 nitrogen and oxygen atoms in total. The van der Waals surface area contributed by atoms with Crippen LogP contribution in [0, 0.1) is 0 Å². The number of hydrogen-bond donors (Lipinski definition) is 2. The van der Waals surface area contributed by atoms with Gasteiger partial charge in [-0.15, -0.1) is 0 Å². The van der Waals surface area contributed by atoms with Crippen molar-refractivity contribution in [2.75, 3.05) is 19.0 Å². The molecule has 0 saturated carbocycles. The van der Waals surface area contributed by atoms with Crippen LogP contribution < -0.4 is 32.5 Å². The van der Waals surface area contributed by atoms with E-state index in [0.717, 1.165) is 5.56 Å². The number of carbonyl (C=O) groups is 1. The number of methoxy groups -OCH3 is 1. The lowest BCUT2D eigenvalue weighted by Gasteiger charge is -2.17. The molecule has 0 aliphatic rings. The van der Waals surface area contributed by atoms with E-state index in [2.05, 4.69) is 29.7 Å².